The Bertz CT molecular complexity index is 744. The van der Waals surface area contributed by atoms with E-state index in [0.29, 0.717) is 36.9 Å². The van der Waals surface area contributed by atoms with Crippen LogP contribution < -0.4 is 0 Å². The van der Waals surface area contributed by atoms with E-state index in [-0.39, 0.29) is 29.8 Å². The molecule has 0 aromatic heterocycles. The summed E-state index contributed by atoms with van der Waals surface area (Å²) in [7, 11) is 0. The van der Waals surface area contributed by atoms with Gasteiger partial charge in [0.15, 0.2) is 6.29 Å². The highest BCUT2D eigenvalue weighted by atomic mass is 16.7. The second kappa shape index (κ2) is 8.48. The highest BCUT2D eigenvalue weighted by Crippen LogP contribution is 2.69. The van der Waals surface area contributed by atoms with Crippen molar-refractivity contribution in [2.45, 2.75) is 96.6 Å². The van der Waals surface area contributed by atoms with Gasteiger partial charge < -0.3 is 24.1 Å². The first-order chi connectivity index (χ1) is 15.3. The minimum absolute atomic E-state index is 0.0680. The maximum Gasteiger partial charge on any atom is 0.179 e. The Morgan fingerprint density at radius 2 is 1.81 bits per heavy atom. The van der Waals surface area contributed by atoms with Crippen molar-refractivity contribution in [3.63, 3.8) is 0 Å². The molecule has 5 fully saturated rings. The topological polar surface area (TPSA) is 65.0 Å². The summed E-state index contributed by atoms with van der Waals surface area (Å²) >= 11 is 0. The van der Waals surface area contributed by atoms with Gasteiger partial charge in [0.1, 0.15) is 12.9 Å². The minimum atomic E-state index is -0.576. The minimum Gasteiger partial charge on any atom is -0.389 e. The number of carbonyl (C=O) groups excluding carboxylic acids is 1. The summed E-state index contributed by atoms with van der Waals surface area (Å²) in [5, 5.41) is 12.3. The van der Waals surface area contributed by atoms with Gasteiger partial charge in [0.25, 0.3) is 0 Å². The molecule has 180 valence electrons. The lowest BCUT2D eigenvalue weighted by molar-refractivity contribution is -0.209. The number of allylic oxidation sites excluding steroid dienone is 1. The van der Waals surface area contributed by atoms with Crippen molar-refractivity contribution in [2.24, 2.45) is 34.5 Å². The summed E-state index contributed by atoms with van der Waals surface area (Å²) in [4.78, 5) is 10.7. The molecule has 2 unspecified atom stereocenters. The average molecular weight is 447 g/mol. The number of carbonyl (C=O) groups is 1. The molecular formula is C27H42O5. The van der Waals surface area contributed by atoms with Gasteiger partial charge in [0.05, 0.1) is 24.9 Å². The van der Waals surface area contributed by atoms with Crippen molar-refractivity contribution in [2.75, 3.05) is 19.8 Å². The number of hydrogen-bond donors (Lipinski definition) is 1. The molecule has 0 spiro atoms. The van der Waals surface area contributed by atoms with Crippen LogP contribution in [0.3, 0.4) is 0 Å². The molecule has 1 heterocycles. The molecule has 0 aromatic rings. The maximum absolute atomic E-state index is 12.3. The molecule has 8 atom stereocenters. The Morgan fingerprint density at radius 3 is 2.56 bits per heavy atom. The molecule has 5 nitrogen and oxygen atoms in total. The van der Waals surface area contributed by atoms with Crippen LogP contribution in [-0.4, -0.2) is 49.2 Å². The molecule has 0 bridgehead atoms. The lowest BCUT2D eigenvalue weighted by Crippen LogP contribution is -2.62. The Morgan fingerprint density at radius 1 is 1.03 bits per heavy atom. The number of aldehydes is 1. The first kappa shape index (κ1) is 23.0. The molecule has 5 rings (SSSR count). The zero-order chi connectivity index (χ0) is 22.6. The molecule has 1 aliphatic heterocycles. The van der Waals surface area contributed by atoms with Gasteiger partial charge in [-0.1, -0.05) is 19.9 Å². The first-order valence-corrected chi connectivity index (χ1v) is 13.0. The lowest BCUT2D eigenvalue weighted by Gasteiger charge is -2.63. The standard InChI is InChI=1S/C27H42O5/c1-18(24-31-14-15-32-24)16-20-6-11-27(29)23-5-4-19-17-21(30-13-12-28)7-9-25(19,2)22(23)8-10-26(20,27)3/h12,16,19-24,29H,4-11,13-15,17H2,1-3H3/b18-16-/t19?,20-,21?,22+,23-,25+,26-,27-/m1/s1. The smallest absolute Gasteiger partial charge is 0.179 e. The monoisotopic (exact) mass is 446 g/mol. The van der Waals surface area contributed by atoms with Crippen LogP contribution >= 0.6 is 0 Å². The zero-order valence-electron chi connectivity index (χ0n) is 20.2. The second-order valence-corrected chi connectivity index (χ2v) is 11.9. The van der Waals surface area contributed by atoms with Crippen molar-refractivity contribution in [1.82, 2.24) is 0 Å². The van der Waals surface area contributed by atoms with Crippen LogP contribution in [0.25, 0.3) is 0 Å². The average Bonchev–Trinajstić information content (AvgIpc) is 3.40. The van der Waals surface area contributed by atoms with E-state index in [9.17, 15) is 9.90 Å². The summed E-state index contributed by atoms with van der Waals surface area (Å²) in [5.41, 5.74) is 0.815. The van der Waals surface area contributed by atoms with Crippen molar-refractivity contribution < 1.29 is 24.1 Å². The number of rotatable bonds is 5. The van der Waals surface area contributed by atoms with E-state index >= 15 is 0 Å². The third kappa shape index (κ3) is 3.45. The first-order valence-electron chi connectivity index (χ1n) is 13.0. The SMILES string of the molecule is C/C(=C/[C@H]1CC[C@@]2(O)[C@@H]3CCC4CC(OCC=O)CC[C@]4(C)[C@H]3CC[C@]12C)C1OCCO1. The van der Waals surface area contributed by atoms with Crippen LogP contribution in [0.1, 0.15) is 78.6 Å². The van der Waals surface area contributed by atoms with Crippen molar-refractivity contribution in [1.29, 1.82) is 0 Å². The molecule has 5 aliphatic rings. The number of aliphatic hydroxyl groups is 1. The molecule has 4 aliphatic carbocycles. The van der Waals surface area contributed by atoms with Gasteiger partial charge in [0.2, 0.25) is 0 Å². The predicted octanol–water partition coefficient (Wildman–Crippen LogP) is 4.66. The van der Waals surface area contributed by atoms with E-state index in [4.69, 9.17) is 14.2 Å². The second-order valence-electron chi connectivity index (χ2n) is 11.9. The molecule has 0 aromatic carbocycles. The predicted molar refractivity (Wildman–Crippen MR) is 122 cm³/mol. The summed E-state index contributed by atoms with van der Waals surface area (Å²) in [6.07, 6.45) is 13.2. The van der Waals surface area contributed by atoms with Crippen molar-refractivity contribution >= 4 is 6.29 Å². The highest BCUT2D eigenvalue weighted by molar-refractivity contribution is 5.50. The van der Waals surface area contributed by atoms with Gasteiger partial charge in [-0.2, -0.15) is 0 Å². The summed E-state index contributed by atoms with van der Waals surface area (Å²) in [5.74, 6) is 2.03. The lowest BCUT2D eigenvalue weighted by atomic mass is 9.43. The van der Waals surface area contributed by atoms with E-state index in [1.165, 1.54) is 18.4 Å². The van der Waals surface area contributed by atoms with Gasteiger partial charge >= 0.3 is 0 Å². The molecule has 5 heteroatoms. The van der Waals surface area contributed by atoms with Crippen LogP contribution in [0.4, 0.5) is 0 Å². The maximum atomic E-state index is 12.3. The number of fused-ring (bicyclic) bond motifs is 5. The quantitative estimate of drug-likeness (QED) is 0.491. The molecule has 1 saturated heterocycles. The largest absolute Gasteiger partial charge is 0.389 e. The zero-order valence-corrected chi connectivity index (χ0v) is 20.2. The van der Waals surface area contributed by atoms with Crippen LogP contribution in [0.2, 0.25) is 0 Å². The Hall–Kier alpha value is -0.750. The van der Waals surface area contributed by atoms with Gasteiger partial charge in [-0.3, -0.25) is 0 Å². The fourth-order valence-corrected chi connectivity index (χ4v) is 8.84. The van der Waals surface area contributed by atoms with Crippen LogP contribution in [0.15, 0.2) is 11.6 Å². The van der Waals surface area contributed by atoms with E-state index in [2.05, 4.69) is 26.8 Å². The molecule has 0 radical (unpaired) electrons. The normalized spacial score (nSPS) is 49.4. The molecular weight excluding hydrogens is 404 g/mol. The fraction of sp³-hybridized carbons (Fsp3) is 0.889. The van der Waals surface area contributed by atoms with Crippen LogP contribution in [0, 0.1) is 34.5 Å². The number of hydrogen-bond acceptors (Lipinski definition) is 5. The number of ether oxygens (including phenoxy) is 3. The summed E-state index contributed by atoms with van der Waals surface area (Å²) in [6, 6.07) is 0. The molecule has 32 heavy (non-hydrogen) atoms. The molecule has 1 N–H and O–H groups in total. The third-order valence-electron chi connectivity index (χ3n) is 10.7. The van der Waals surface area contributed by atoms with Gasteiger partial charge in [0, 0.05) is 5.41 Å². The Balaban J connectivity index is 1.35. The van der Waals surface area contributed by atoms with Crippen LogP contribution in [-0.2, 0) is 19.0 Å². The molecule has 4 saturated carbocycles. The van der Waals surface area contributed by atoms with Crippen molar-refractivity contribution in [3.8, 4) is 0 Å². The highest BCUT2D eigenvalue weighted by Gasteiger charge is 2.66. The van der Waals surface area contributed by atoms with E-state index in [1.54, 1.807) is 0 Å². The van der Waals surface area contributed by atoms with Crippen molar-refractivity contribution in [3.05, 3.63) is 11.6 Å². The van der Waals surface area contributed by atoms with Gasteiger partial charge in [-0.05, 0) is 99.4 Å². The Labute approximate surface area is 193 Å². The third-order valence-corrected chi connectivity index (χ3v) is 10.7. The summed E-state index contributed by atoms with van der Waals surface area (Å²) in [6.45, 7) is 8.56. The van der Waals surface area contributed by atoms with E-state index in [1.807, 2.05) is 0 Å². The Kier molecular flexibility index (Phi) is 6.10. The molecule has 0 amide bonds. The van der Waals surface area contributed by atoms with Gasteiger partial charge in [-0.15, -0.1) is 0 Å². The van der Waals surface area contributed by atoms with E-state index < -0.39 is 5.60 Å². The van der Waals surface area contributed by atoms with Gasteiger partial charge in [-0.25, -0.2) is 0 Å². The fourth-order valence-electron chi connectivity index (χ4n) is 8.84. The summed E-state index contributed by atoms with van der Waals surface area (Å²) < 4.78 is 17.3. The van der Waals surface area contributed by atoms with E-state index in [0.717, 1.165) is 51.2 Å². The van der Waals surface area contributed by atoms with Crippen LogP contribution in [0.5, 0.6) is 0 Å².